The zero-order valence-corrected chi connectivity index (χ0v) is 9.00. The van der Waals surface area contributed by atoms with Crippen molar-refractivity contribution in [2.45, 2.75) is 20.8 Å². The Hall–Kier alpha value is -1.51. The third-order valence-electron chi connectivity index (χ3n) is 1.48. The van der Waals surface area contributed by atoms with Gasteiger partial charge < -0.3 is 10.5 Å². The highest BCUT2D eigenvalue weighted by molar-refractivity contribution is 5.97. The van der Waals surface area contributed by atoms with E-state index in [1.807, 2.05) is 32.9 Å². The topological polar surface area (TPSA) is 59.1 Å². The highest BCUT2D eigenvalue weighted by Gasteiger charge is 2.03. The minimum Gasteiger partial charge on any atom is -0.493 e. The van der Waals surface area contributed by atoms with Crippen LogP contribution in [0.1, 0.15) is 26.3 Å². The second kappa shape index (κ2) is 6.95. The Labute approximate surface area is 85.4 Å². The fourth-order valence-electron chi connectivity index (χ4n) is 0.971. The number of hydrogen-bond donors (Lipinski definition) is 2. The fourth-order valence-corrected chi connectivity index (χ4v) is 0.971. The predicted octanol–water partition coefficient (Wildman–Crippen LogP) is 2.40. The van der Waals surface area contributed by atoms with Gasteiger partial charge in [-0.25, -0.2) is 0 Å². The molecule has 78 valence electrons. The van der Waals surface area contributed by atoms with Crippen molar-refractivity contribution in [1.82, 2.24) is 0 Å². The van der Waals surface area contributed by atoms with Crippen LogP contribution in [-0.2, 0) is 0 Å². The molecule has 0 bridgehead atoms. The first kappa shape index (κ1) is 12.5. The summed E-state index contributed by atoms with van der Waals surface area (Å²) in [6.45, 7) is 6.49. The molecule has 1 rings (SSSR count). The molecule has 3 nitrogen and oxygen atoms in total. The van der Waals surface area contributed by atoms with E-state index in [9.17, 15) is 0 Å². The van der Waals surface area contributed by atoms with Crippen molar-refractivity contribution in [3.05, 3.63) is 29.8 Å². The summed E-state index contributed by atoms with van der Waals surface area (Å²) in [5.74, 6) is 0.714. The van der Waals surface area contributed by atoms with E-state index in [1.54, 1.807) is 12.1 Å². The van der Waals surface area contributed by atoms with E-state index in [0.29, 0.717) is 17.9 Å². The van der Waals surface area contributed by atoms with Crippen LogP contribution in [0.3, 0.4) is 0 Å². The molecule has 0 aliphatic rings. The van der Waals surface area contributed by atoms with Gasteiger partial charge in [0.1, 0.15) is 11.6 Å². The van der Waals surface area contributed by atoms with Gasteiger partial charge >= 0.3 is 0 Å². The number of nitrogens with two attached hydrogens (primary N) is 1. The first-order chi connectivity index (χ1) is 6.75. The molecule has 0 saturated heterocycles. The van der Waals surface area contributed by atoms with Gasteiger partial charge in [0, 0.05) is 0 Å². The molecule has 0 aliphatic carbocycles. The summed E-state index contributed by atoms with van der Waals surface area (Å²) in [4.78, 5) is 0. The van der Waals surface area contributed by atoms with Crippen LogP contribution in [0.4, 0.5) is 0 Å². The molecule has 3 N–H and O–H groups in total. The molecule has 0 saturated carbocycles. The molecule has 0 radical (unpaired) electrons. The largest absolute Gasteiger partial charge is 0.493 e. The molecular formula is C11H18N2O. The molecule has 0 amide bonds. The number of hydrogen-bond acceptors (Lipinski definition) is 2. The van der Waals surface area contributed by atoms with Crippen LogP contribution in [0.15, 0.2) is 24.3 Å². The van der Waals surface area contributed by atoms with Gasteiger partial charge in [-0.2, -0.15) is 0 Å². The van der Waals surface area contributed by atoms with Crippen LogP contribution < -0.4 is 10.5 Å². The summed E-state index contributed by atoms with van der Waals surface area (Å²) in [6, 6.07) is 7.27. The van der Waals surface area contributed by atoms with E-state index < -0.39 is 0 Å². The van der Waals surface area contributed by atoms with E-state index in [2.05, 4.69) is 0 Å². The predicted molar refractivity (Wildman–Crippen MR) is 60.0 cm³/mol. The van der Waals surface area contributed by atoms with Crippen molar-refractivity contribution in [2.75, 3.05) is 6.61 Å². The Morgan fingerprint density at radius 1 is 1.36 bits per heavy atom. The molecule has 14 heavy (non-hydrogen) atoms. The van der Waals surface area contributed by atoms with E-state index >= 15 is 0 Å². The van der Waals surface area contributed by atoms with Gasteiger partial charge in [0.25, 0.3) is 0 Å². The number of ether oxygens (including phenoxy) is 1. The molecule has 1 aromatic rings. The lowest BCUT2D eigenvalue weighted by Crippen LogP contribution is -2.12. The van der Waals surface area contributed by atoms with Gasteiger partial charge in [0.15, 0.2) is 0 Å². The molecule has 0 atom stereocenters. The highest BCUT2D eigenvalue weighted by atomic mass is 16.5. The maximum atomic E-state index is 7.25. The summed E-state index contributed by atoms with van der Waals surface area (Å²) in [6.07, 6.45) is 0. The van der Waals surface area contributed by atoms with Crippen molar-refractivity contribution in [3.63, 3.8) is 0 Å². The molecule has 1 aromatic carbocycles. The Balaban J connectivity index is 0.000000791. The Morgan fingerprint density at radius 2 is 1.93 bits per heavy atom. The average molecular weight is 194 g/mol. The average Bonchev–Trinajstić information content (AvgIpc) is 2.22. The van der Waals surface area contributed by atoms with Gasteiger partial charge in [0.05, 0.1) is 12.2 Å². The Kier molecular flexibility index (Phi) is 6.20. The maximum Gasteiger partial charge on any atom is 0.130 e. The van der Waals surface area contributed by atoms with Crippen molar-refractivity contribution >= 4 is 5.84 Å². The summed E-state index contributed by atoms with van der Waals surface area (Å²) in [5.41, 5.74) is 6.00. The first-order valence-electron chi connectivity index (χ1n) is 4.82. The van der Waals surface area contributed by atoms with Crippen LogP contribution in [0.2, 0.25) is 0 Å². The van der Waals surface area contributed by atoms with Crippen LogP contribution in [0, 0.1) is 5.41 Å². The summed E-state index contributed by atoms with van der Waals surface area (Å²) >= 11 is 0. The Bertz CT molecular complexity index is 284. The second-order valence-electron chi connectivity index (χ2n) is 2.34. The lowest BCUT2D eigenvalue weighted by atomic mass is 10.2. The number of nitrogens with one attached hydrogen (secondary N) is 1. The van der Waals surface area contributed by atoms with Crippen molar-refractivity contribution in [1.29, 1.82) is 5.41 Å². The van der Waals surface area contributed by atoms with E-state index in [0.717, 1.165) is 0 Å². The quantitative estimate of drug-likeness (QED) is 0.573. The molecule has 0 aromatic heterocycles. The zero-order chi connectivity index (χ0) is 11.0. The third kappa shape index (κ3) is 3.47. The number of rotatable bonds is 3. The maximum absolute atomic E-state index is 7.25. The third-order valence-corrected chi connectivity index (χ3v) is 1.48. The Morgan fingerprint density at radius 3 is 2.43 bits per heavy atom. The minimum absolute atomic E-state index is 0.0408. The lowest BCUT2D eigenvalue weighted by Gasteiger charge is -2.07. The summed E-state index contributed by atoms with van der Waals surface area (Å²) in [5, 5.41) is 7.25. The first-order valence-corrected chi connectivity index (χ1v) is 4.82. The van der Waals surface area contributed by atoms with Crippen molar-refractivity contribution < 1.29 is 4.74 Å². The molecule has 0 aliphatic heterocycles. The van der Waals surface area contributed by atoms with Gasteiger partial charge in [-0.1, -0.05) is 26.0 Å². The monoisotopic (exact) mass is 194 g/mol. The standard InChI is InChI=1S/C9H12N2O.C2H6/c1-2-12-8-6-4-3-5-7(8)9(10)11;1-2/h3-6H,2H2,1H3,(H3,10,11);1-2H3. The van der Waals surface area contributed by atoms with Gasteiger partial charge in [-0.3, -0.25) is 5.41 Å². The molecular weight excluding hydrogens is 176 g/mol. The van der Waals surface area contributed by atoms with Gasteiger partial charge in [-0.15, -0.1) is 0 Å². The summed E-state index contributed by atoms with van der Waals surface area (Å²) in [7, 11) is 0. The number of para-hydroxylation sites is 1. The molecule has 0 heterocycles. The van der Waals surface area contributed by atoms with Crippen LogP contribution in [0.5, 0.6) is 5.75 Å². The van der Waals surface area contributed by atoms with Gasteiger partial charge in [0.2, 0.25) is 0 Å². The van der Waals surface area contributed by atoms with Crippen LogP contribution in [0.25, 0.3) is 0 Å². The number of amidine groups is 1. The van der Waals surface area contributed by atoms with Gasteiger partial charge in [-0.05, 0) is 19.1 Å². The molecule has 0 spiro atoms. The molecule has 0 unspecified atom stereocenters. The van der Waals surface area contributed by atoms with Crippen LogP contribution >= 0.6 is 0 Å². The van der Waals surface area contributed by atoms with E-state index in [1.165, 1.54) is 0 Å². The normalized spacial score (nSPS) is 8.50. The lowest BCUT2D eigenvalue weighted by molar-refractivity contribution is 0.339. The number of benzene rings is 1. The van der Waals surface area contributed by atoms with E-state index in [-0.39, 0.29) is 5.84 Å². The highest BCUT2D eigenvalue weighted by Crippen LogP contribution is 2.16. The fraction of sp³-hybridized carbons (Fsp3) is 0.364. The van der Waals surface area contributed by atoms with Crippen molar-refractivity contribution in [3.8, 4) is 5.75 Å². The van der Waals surface area contributed by atoms with E-state index in [4.69, 9.17) is 15.9 Å². The molecule has 3 heteroatoms. The zero-order valence-electron chi connectivity index (χ0n) is 9.00. The smallest absolute Gasteiger partial charge is 0.130 e. The SMILES string of the molecule is CC.CCOc1ccccc1C(=N)N. The minimum atomic E-state index is 0.0408. The summed E-state index contributed by atoms with van der Waals surface area (Å²) < 4.78 is 5.28. The van der Waals surface area contributed by atoms with Crippen LogP contribution in [-0.4, -0.2) is 12.4 Å². The molecule has 0 fully saturated rings. The second-order valence-corrected chi connectivity index (χ2v) is 2.34. The number of nitrogen functional groups attached to an aromatic ring is 1. The van der Waals surface area contributed by atoms with Crippen molar-refractivity contribution in [2.24, 2.45) is 5.73 Å².